The van der Waals surface area contributed by atoms with Crippen molar-refractivity contribution in [2.24, 2.45) is 11.1 Å². The van der Waals surface area contributed by atoms with Gasteiger partial charge in [0.25, 0.3) is 0 Å². The van der Waals surface area contributed by atoms with Crippen LogP contribution in [0, 0.1) is 5.92 Å². The molecule has 3 rings (SSSR count). The van der Waals surface area contributed by atoms with E-state index in [1.807, 2.05) is 19.1 Å². The van der Waals surface area contributed by atoms with Crippen LogP contribution in [0.3, 0.4) is 0 Å². The Bertz CT molecular complexity index is 888. The van der Waals surface area contributed by atoms with Gasteiger partial charge in [0.2, 0.25) is 10.0 Å². The van der Waals surface area contributed by atoms with Crippen molar-refractivity contribution >= 4 is 43.9 Å². The van der Waals surface area contributed by atoms with Crippen LogP contribution in [0.5, 0.6) is 5.75 Å². The fraction of sp³-hybridized carbons (Fsp3) is 0.389. The van der Waals surface area contributed by atoms with E-state index in [0.717, 1.165) is 32.4 Å². The molecule has 0 aromatic heterocycles. The minimum atomic E-state index is -4.02. The summed E-state index contributed by atoms with van der Waals surface area (Å²) in [4.78, 5) is 1.99. The standard InChI is InChI=1S/C18H21ClN2O3S2/c1-12-6-2-3-7-15(12)24-17-14(21-8-4-5-9-21)10-13(18(19)25)11-16(17)26(20,22)23/h2-3,7,10-12H,4-6,8-9H2,1H3,(H2,20,22,23). The maximum absolute atomic E-state index is 12.3. The molecule has 1 unspecified atom stereocenters. The number of ether oxygens (including phenoxy) is 1. The third-order valence-electron chi connectivity index (χ3n) is 4.61. The molecule has 0 radical (unpaired) electrons. The Hall–Kier alpha value is -1.41. The van der Waals surface area contributed by atoms with Crippen molar-refractivity contribution in [3.8, 4) is 5.75 Å². The van der Waals surface area contributed by atoms with Gasteiger partial charge >= 0.3 is 0 Å². The molecule has 8 heteroatoms. The highest BCUT2D eigenvalue weighted by molar-refractivity contribution is 7.89. The zero-order valence-electron chi connectivity index (χ0n) is 14.4. The maximum Gasteiger partial charge on any atom is 0.241 e. The molecule has 26 heavy (non-hydrogen) atoms. The number of allylic oxidation sites excluding steroid dienone is 4. The molecule has 1 aliphatic carbocycles. The minimum absolute atomic E-state index is 0.0927. The topological polar surface area (TPSA) is 72.6 Å². The van der Waals surface area contributed by atoms with Crippen LogP contribution >= 0.6 is 23.8 Å². The Labute approximate surface area is 164 Å². The monoisotopic (exact) mass is 412 g/mol. The van der Waals surface area contributed by atoms with Crippen LogP contribution in [0.15, 0.2) is 41.0 Å². The summed E-state index contributed by atoms with van der Waals surface area (Å²) in [7, 11) is -4.02. The number of primary sulfonamides is 1. The molecule has 2 aliphatic rings. The molecule has 0 spiro atoms. The summed E-state index contributed by atoms with van der Waals surface area (Å²) < 4.78 is 30.8. The first-order valence-electron chi connectivity index (χ1n) is 8.47. The Morgan fingerprint density at radius 1 is 1.35 bits per heavy atom. The number of thiocarbonyl (C=S) groups is 1. The largest absolute Gasteiger partial charge is 0.458 e. The van der Waals surface area contributed by atoms with Crippen LogP contribution in [-0.4, -0.2) is 25.8 Å². The number of nitrogens with two attached hydrogens (primary N) is 1. The molecule has 0 amide bonds. The van der Waals surface area contributed by atoms with E-state index in [2.05, 4.69) is 11.0 Å². The van der Waals surface area contributed by atoms with Crippen LogP contribution < -0.4 is 14.8 Å². The van der Waals surface area contributed by atoms with Gasteiger partial charge in [-0.3, -0.25) is 0 Å². The van der Waals surface area contributed by atoms with E-state index < -0.39 is 10.0 Å². The number of hydrogen-bond acceptors (Lipinski definition) is 5. The highest BCUT2D eigenvalue weighted by Crippen LogP contribution is 2.40. The van der Waals surface area contributed by atoms with Crippen molar-refractivity contribution < 1.29 is 13.2 Å². The number of benzene rings is 1. The summed E-state index contributed by atoms with van der Waals surface area (Å²) in [6.07, 6.45) is 8.70. The maximum atomic E-state index is 12.3. The number of halogens is 1. The van der Waals surface area contributed by atoms with E-state index in [1.54, 1.807) is 6.07 Å². The van der Waals surface area contributed by atoms with E-state index >= 15 is 0 Å². The lowest BCUT2D eigenvalue weighted by Crippen LogP contribution is -2.22. The highest BCUT2D eigenvalue weighted by atomic mass is 35.5. The second-order valence-electron chi connectivity index (χ2n) is 6.57. The van der Waals surface area contributed by atoms with Gasteiger partial charge in [-0.2, -0.15) is 0 Å². The highest BCUT2D eigenvalue weighted by Gasteiger charge is 2.27. The number of hydrogen-bond donors (Lipinski definition) is 1. The first kappa shape index (κ1) is 19.4. The summed E-state index contributed by atoms with van der Waals surface area (Å²) in [6.45, 7) is 3.66. The van der Waals surface area contributed by atoms with Crippen molar-refractivity contribution in [2.45, 2.75) is 31.1 Å². The van der Waals surface area contributed by atoms with E-state index in [0.29, 0.717) is 17.0 Å². The lowest BCUT2D eigenvalue weighted by Gasteiger charge is -2.26. The average Bonchev–Trinajstić information content (AvgIpc) is 3.10. The lowest BCUT2D eigenvalue weighted by atomic mass is 10.0. The van der Waals surface area contributed by atoms with Gasteiger partial charge < -0.3 is 9.64 Å². The summed E-state index contributed by atoms with van der Waals surface area (Å²) in [5.41, 5.74) is 1.11. The normalized spacial score (nSPS) is 20.2. The first-order valence-corrected chi connectivity index (χ1v) is 10.8. The molecule has 1 aromatic carbocycles. The van der Waals surface area contributed by atoms with Gasteiger partial charge in [0.15, 0.2) is 5.75 Å². The molecular weight excluding hydrogens is 392 g/mol. The Kier molecular flexibility index (Phi) is 5.72. The molecule has 1 fully saturated rings. The minimum Gasteiger partial charge on any atom is -0.458 e. The predicted octanol–water partition coefficient (Wildman–Crippen LogP) is 3.71. The molecule has 2 N–H and O–H groups in total. The second kappa shape index (κ2) is 7.68. The summed E-state index contributed by atoms with van der Waals surface area (Å²) in [5, 5.41) is 5.49. The first-order chi connectivity index (χ1) is 12.3. The fourth-order valence-electron chi connectivity index (χ4n) is 3.19. The molecule has 0 bridgehead atoms. The Balaban J connectivity index is 2.19. The van der Waals surface area contributed by atoms with Crippen LogP contribution in [0.25, 0.3) is 0 Å². The Morgan fingerprint density at radius 2 is 2.04 bits per heavy atom. The Morgan fingerprint density at radius 3 is 2.62 bits per heavy atom. The summed E-state index contributed by atoms with van der Waals surface area (Å²) >= 11 is 11.0. The van der Waals surface area contributed by atoms with Gasteiger partial charge in [-0.15, -0.1) is 0 Å². The fourth-order valence-corrected chi connectivity index (χ4v) is 4.11. The van der Waals surface area contributed by atoms with Crippen LogP contribution in [-0.2, 0) is 10.0 Å². The van der Waals surface area contributed by atoms with Crippen LogP contribution in [0.2, 0.25) is 0 Å². The summed E-state index contributed by atoms with van der Waals surface area (Å²) in [5.74, 6) is 1.10. The van der Waals surface area contributed by atoms with E-state index in [9.17, 15) is 8.42 Å². The summed E-state index contributed by atoms with van der Waals surface area (Å²) in [6, 6.07) is 3.18. The predicted molar refractivity (Wildman–Crippen MR) is 108 cm³/mol. The van der Waals surface area contributed by atoms with E-state index in [4.69, 9.17) is 33.7 Å². The molecule has 5 nitrogen and oxygen atoms in total. The quantitative estimate of drug-likeness (QED) is 0.589. The molecule has 1 saturated heterocycles. The number of sulfonamides is 1. The molecular formula is C18H21ClN2O3S2. The van der Waals surface area contributed by atoms with Crippen molar-refractivity contribution in [1.29, 1.82) is 0 Å². The molecule has 1 heterocycles. The van der Waals surface area contributed by atoms with Gasteiger partial charge in [-0.25, -0.2) is 13.6 Å². The SMILES string of the molecule is CC1CC=CC=C1Oc1c(N2CCCC2)cc(C(=S)Cl)cc1S(N)(=O)=O. The van der Waals surface area contributed by atoms with Crippen LogP contribution in [0.4, 0.5) is 5.69 Å². The van der Waals surface area contributed by atoms with Gasteiger partial charge in [-0.05, 0) is 37.5 Å². The zero-order chi connectivity index (χ0) is 18.9. The second-order valence-corrected chi connectivity index (χ2v) is 9.11. The van der Waals surface area contributed by atoms with Crippen molar-refractivity contribution in [1.82, 2.24) is 0 Å². The average molecular weight is 413 g/mol. The number of nitrogens with zero attached hydrogens (tertiary/aromatic N) is 1. The van der Waals surface area contributed by atoms with Crippen molar-refractivity contribution in [3.63, 3.8) is 0 Å². The molecule has 1 aliphatic heterocycles. The van der Waals surface area contributed by atoms with Gasteiger partial charge in [0.05, 0.1) is 5.69 Å². The number of anilines is 1. The van der Waals surface area contributed by atoms with Gasteiger partial charge in [0, 0.05) is 24.6 Å². The molecule has 1 aromatic rings. The molecule has 140 valence electrons. The number of rotatable bonds is 5. The van der Waals surface area contributed by atoms with Gasteiger partial charge in [-0.1, -0.05) is 42.9 Å². The zero-order valence-corrected chi connectivity index (χ0v) is 16.8. The third kappa shape index (κ3) is 4.11. The third-order valence-corrected chi connectivity index (χ3v) is 5.98. The lowest BCUT2D eigenvalue weighted by molar-refractivity contribution is 0.348. The van der Waals surface area contributed by atoms with Gasteiger partial charge in [0.1, 0.15) is 15.0 Å². The molecule has 0 saturated carbocycles. The smallest absolute Gasteiger partial charge is 0.241 e. The van der Waals surface area contributed by atoms with Crippen molar-refractivity contribution in [3.05, 3.63) is 41.7 Å². The van der Waals surface area contributed by atoms with Crippen molar-refractivity contribution in [2.75, 3.05) is 18.0 Å². The van der Waals surface area contributed by atoms with E-state index in [1.165, 1.54) is 6.07 Å². The van der Waals surface area contributed by atoms with Crippen LogP contribution in [0.1, 0.15) is 31.7 Å². The molecule has 1 atom stereocenters. The van der Waals surface area contributed by atoms with E-state index in [-0.39, 0.29) is 20.9 Å².